The van der Waals surface area contributed by atoms with E-state index in [-0.39, 0.29) is 12.4 Å². The van der Waals surface area contributed by atoms with Gasteiger partial charge in [0.25, 0.3) is 0 Å². The van der Waals surface area contributed by atoms with E-state index in [1.54, 1.807) is 17.5 Å². The molecule has 0 N–H and O–H groups in total. The number of benzene rings is 2. The van der Waals surface area contributed by atoms with Crippen LogP contribution in [0.25, 0.3) is 27.3 Å². The lowest BCUT2D eigenvalue weighted by Crippen LogP contribution is -2.06. The summed E-state index contributed by atoms with van der Waals surface area (Å²) in [6, 6.07) is 13.8. The van der Waals surface area contributed by atoms with E-state index in [2.05, 4.69) is 0 Å². The van der Waals surface area contributed by atoms with E-state index in [4.69, 9.17) is 19.2 Å². The summed E-state index contributed by atoms with van der Waals surface area (Å²) >= 11 is 1.35. The molecule has 0 atom stereocenters. The fourth-order valence-electron chi connectivity index (χ4n) is 3.79. The number of carbonyl (C=O) groups is 2. The summed E-state index contributed by atoms with van der Waals surface area (Å²) in [6.07, 6.45) is 2.68. The van der Waals surface area contributed by atoms with Crippen LogP contribution >= 0.6 is 11.3 Å². The molecule has 0 radical (unpaired) electrons. The van der Waals surface area contributed by atoms with Gasteiger partial charge in [0, 0.05) is 22.2 Å². The molecule has 176 valence electrons. The number of carbonyl (C=O) groups excluding carboxylic acids is 2. The van der Waals surface area contributed by atoms with E-state index < -0.39 is 0 Å². The summed E-state index contributed by atoms with van der Waals surface area (Å²) in [4.78, 5) is 30.2. The standard InChI is InChI=1S/C26H26N2O5S/c1-4-31-22-14-20(23(32-5-2)13-19(22)17-10-8-7-9-11-17)25-21(16-29)28-15-18(34-26(28)27-25)12-24(30)33-6-3/h7-11,13-16H,4-6,12H2,1-3H3. The Kier molecular flexibility index (Phi) is 7.27. The molecule has 0 unspecified atom stereocenters. The number of hydrogen-bond donors (Lipinski definition) is 0. The van der Waals surface area contributed by atoms with Crippen molar-refractivity contribution in [1.82, 2.24) is 9.38 Å². The van der Waals surface area contributed by atoms with Crippen molar-refractivity contribution < 1.29 is 23.8 Å². The molecule has 0 bridgehead atoms. The molecule has 0 saturated carbocycles. The van der Waals surface area contributed by atoms with Crippen molar-refractivity contribution >= 4 is 28.6 Å². The molecule has 7 nitrogen and oxygen atoms in total. The highest BCUT2D eigenvalue weighted by molar-refractivity contribution is 7.17. The minimum Gasteiger partial charge on any atom is -0.493 e. The zero-order chi connectivity index (χ0) is 24.1. The lowest BCUT2D eigenvalue weighted by Gasteiger charge is -2.16. The van der Waals surface area contributed by atoms with E-state index in [1.165, 1.54) is 11.3 Å². The summed E-state index contributed by atoms with van der Waals surface area (Å²) in [7, 11) is 0. The molecule has 2 aromatic carbocycles. The third-order valence-electron chi connectivity index (χ3n) is 5.17. The highest BCUT2D eigenvalue weighted by atomic mass is 32.1. The van der Waals surface area contributed by atoms with Gasteiger partial charge >= 0.3 is 5.97 Å². The Labute approximate surface area is 201 Å². The zero-order valence-corrected chi connectivity index (χ0v) is 20.2. The van der Waals surface area contributed by atoms with E-state index in [9.17, 15) is 9.59 Å². The molecule has 2 aromatic heterocycles. The Morgan fingerprint density at radius 1 is 1.00 bits per heavy atom. The van der Waals surface area contributed by atoms with Crippen molar-refractivity contribution in [3.63, 3.8) is 0 Å². The number of rotatable bonds is 10. The van der Waals surface area contributed by atoms with Gasteiger partial charge in [-0.15, -0.1) is 11.3 Å². The number of esters is 1. The van der Waals surface area contributed by atoms with E-state index in [0.717, 1.165) is 22.3 Å². The van der Waals surface area contributed by atoms with Crippen LogP contribution in [0.4, 0.5) is 0 Å². The minimum absolute atomic E-state index is 0.139. The van der Waals surface area contributed by atoms with Crippen molar-refractivity contribution in [3.05, 3.63) is 59.2 Å². The molecule has 34 heavy (non-hydrogen) atoms. The third kappa shape index (κ3) is 4.68. The fourth-order valence-corrected chi connectivity index (χ4v) is 4.76. The first-order valence-electron chi connectivity index (χ1n) is 11.2. The average molecular weight is 479 g/mol. The fraction of sp³-hybridized carbons (Fsp3) is 0.269. The van der Waals surface area contributed by atoms with Crippen LogP contribution in [0.2, 0.25) is 0 Å². The number of nitrogens with zero attached hydrogens (tertiary/aromatic N) is 2. The smallest absolute Gasteiger partial charge is 0.311 e. The van der Waals surface area contributed by atoms with Crippen LogP contribution in [-0.4, -0.2) is 41.5 Å². The number of thiazole rings is 1. The van der Waals surface area contributed by atoms with Crippen molar-refractivity contribution in [2.24, 2.45) is 0 Å². The Hall–Kier alpha value is -3.65. The first-order valence-corrected chi connectivity index (χ1v) is 12.0. The molecule has 0 aliphatic rings. The molecule has 4 aromatic rings. The van der Waals surface area contributed by atoms with Crippen molar-refractivity contribution in [2.75, 3.05) is 19.8 Å². The van der Waals surface area contributed by atoms with Crippen molar-refractivity contribution in [1.29, 1.82) is 0 Å². The molecule has 4 rings (SSSR count). The van der Waals surface area contributed by atoms with Crippen molar-refractivity contribution in [3.8, 4) is 33.9 Å². The first-order chi connectivity index (χ1) is 16.6. The second kappa shape index (κ2) is 10.5. The first kappa shape index (κ1) is 23.5. The summed E-state index contributed by atoms with van der Waals surface area (Å²) in [5.74, 6) is 0.991. The monoisotopic (exact) mass is 478 g/mol. The molecule has 0 aliphatic heterocycles. The molecule has 0 fully saturated rings. The van der Waals surface area contributed by atoms with Gasteiger partial charge in [-0.1, -0.05) is 30.3 Å². The SMILES string of the molecule is CCOC(=O)Cc1cn2c(C=O)c(-c3cc(OCC)c(-c4ccccc4)cc3OCC)nc2s1. The number of ether oxygens (including phenoxy) is 3. The van der Waals surface area contributed by atoms with Gasteiger partial charge in [-0.25, -0.2) is 4.98 Å². The van der Waals surface area contributed by atoms with Crippen molar-refractivity contribution in [2.45, 2.75) is 27.2 Å². The Balaban J connectivity index is 1.84. The van der Waals surface area contributed by atoms with Crippen LogP contribution in [0.15, 0.2) is 48.7 Å². The largest absolute Gasteiger partial charge is 0.493 e. The predicted molar refractivity (Wildman–Crippen MR) is 132 cm³/mol. The van der Waals surface area contributed by atoms with Gasteiger partial charge in [0.15, 0.2) is 11.2 Å². The van der Waals surface area contributed by atoms with Gasteiger partial charge in [-0.2, -0.15) is 0 Å². The second-order valence-corrected chi connectivity index (χ2v) is 8.47. The number of fused-ring (bicyclic) bond motifs is 1. The number of hydrogen-bond acceptors (Lipinski definition) is 7. The maximum absolute atomic E-state index is 12.2. The molecule has 0 aliphatic carbocycles. The van der Waals surface area contributed by atoms with Gasteiger partial charge in [0.2, 0.25) is 0 Å². The Bertz CT molecular complexity index is 1310. The maximum Gasteiger partial charge on any atom is 0.311 e. The number of imidazole rings is 1. The maximum atomic E-state index is 12.2. The van der Waals surface area contributed by atoms with Crippen LogP contribution in [0.5, 0.6) is 11.5 Å². The predicted octanol–water partition coefficient (Wildman–Crippen LogP) is 5.45. The normalized spacial score (nSPS) is 10.9. The third-order valence-corrected chi connectivity index (χ3v) is 6.15. The summed E-state index contributed by atoms with van der Waals surface area (Å²) in [6.45, 7) is 6.88. The van der Waals surface area contributed by atoms with Crippen LogP contribution in [0.1, 0.15) is 36.1 Å². The second-order valence-electron chi connectivity index (χ2n) is 7.37. The average Bonchev–Trinajstić information content (AvgIpc) is 3.37. The van der Waals surface area contributed by atoms with Crippen LogP contribution in [-0.2, 0) is 16.0 Å². The van der Waals surface area contributed by atoms with Crippen LogP contribution in [0.3, 0.4) is 0 Å². The van der Waals surface area contributed by atoms with Gasteiger partial charge in [-0.05, 0) is 38.5 Å². The van der Waals surface area contributed by atoms with E-state index in [1.807, 2.05) is 56.3 Å². The molecule has 0 spiro atoms. The van der Waals surface area contributed by atoms with Gasteiger partial charge in [-0.3, -0.25) is 14.0 Å². The van der Waals surface area contributed by atoms with Gasteiger partial charge in [0.1, 0.15) is 22.9 Å². The lowest BCUT2D eigenvalue weighted by molar-refractivity contribution is -0.142. The highest BCUT2D eigenvalue weighted by Gasteiger charge is 2.23. The van der Waals surface area contributed by atoms with Crippen LogP contribution < -0.4 is 9.47 Å². The topological polar surface area (TPSA) is 79.1 Å². The van der Waals surface area contributed by atoms with Gasteiger partial charge < -0.3 is 14.2 Å². The zero-order valence-electron chi connectivity index (χ0n) is 19.4. The highest BCUT2D eigenvalue weighted by Crippen LogP contribution is 2.42. The van der Waals surface area contributed by atoms with E-state index in [0.29, 0.717) is 53.2 Å². The van der Waals surface area contributed by atoms with E-state index >= 15 is 0 Å². The summed E-state index contributed by atoms with van der Waals surface area (Å²) in [5, 5.41) is 0. The Morgan fingerprint density at radius 3 is 2.32 bits per heavy atom. The molecular weight excluding hydrogens is 452 g/mol. The summed E-state index contributed by atoms with van der Waals surface area (Å²) in [5.41, 5.74) is 3.48. The van der Waals surface area contributed by atoms with Gasteiger partial charge in [0.05, 0.1) is 26.2 Å². The minimum atomic E-state index is -0.309. The Morgan fingerprint density at radius 2 is 1.68 bits per heavy atom. The quantitative estimate of drug-likeness (QED) is 0.223. The molecule has 8 heteroatoms. The molecule has 2 heterocycles. The molecule has 0 amide bonds. The molecule has 0 saturated heterocycles. The molecular formula is C26H26N2O5S. The lowest BCUT2D eigenvalue weighted by atomic mass is 9.99. The number of aromatic nitrogens is 2. The summed E-state index contributed by atoms with van der Waals surface area (Å²) < 4.78 is 18.7. The number of aldehydes is 1. The van der Waals surface area contributed by atoms with Crippen LogP contribution in [0, 0.1) is 0 Å².